The number of hydrogen-bond acceptors (Lipinski definition) is 4. The van der Waals surface area contributed by atoms with Gasteiger partial charge < -0.3 is 5.11 Å². The summed E-state index contributed by atoms with van der Waals surface area (Å²) >= 11 is 0. The van der Waals surface area contributed by atoms with Gasteiger partial charge in [-0.15, -0.1) is 5.10 Å². The van der Waals surface area contributed by atoms with Crippen molar-refractivity contribution in [3.05, 3.63) is 11.9 Å². The predicted octanol–water partition coefficient (Wildman–Crippen LogP) is 0.707. The van der Waals surface area contributed by atoms with Crippen molar-refractivity contribution in [1.29, 1.82) is 0 Å². The topological polar surface area (TPSA) is 71.2 Å². The summed E-state index contributed by atoms with van der Waals surface area (Å²) in [6, 6.07) is 0.479. The minimum Gasteiger partial charge on any atom is -0.476 e. The van der Waals surface area contributed by atoms with Crippen LogP contribution in [0, 0.1) is 0 Å². The fourth-order valence-electron chi connectivity index (χ4n) is 1.52. The first kappa shape index (κ1) is 12.6. The maximum Gasteiger partial charge on any atom is 0.358 e. The van der Waals surface area contributed by atoms with Gasteiger partial charge >= 0.3 is 5.97 Å². The van der Waals surface area contributed by atoms with Crippen LogP contribution in [0.1, 0.15) is 31.3 Å². The number of aromatic nitrogens is 3. The maximum absolute atomic E-state index is 10.6. The molecule has 0 radical (unpaired) electrons. The van der Waals surface area contributed by atoms with Crippen molar-refractivity contribution >= 4 is 5.97 Å². The number of hydrogen-bond donors (Lipinski definition) is 1. The van der Waals surface area contributed by atoms with Gasteiger partial charge in [0.25, 0.3) is 0 Å². The predicted molar refractivity (Wildman–Crippen MR) is 59.4 cm³/mol. The molecule has 6 nitrogen and oxygen atoms in total. The molecular formula is C10H18N4O2. The van der Waals surface area contributed by atoms with Crippen LogP contribution in [0.4, 0.5) is 0 Å². The summed E-state index contributed by atoms with van der Waals surface area (Å²) in [4.78, 5) is 12.9. The second-order valence-corrected chi connectivity index (χ2v) is 3.89. The van der Waals surface area contributed by atoms with Gasteiger partial charge in [0.2, 0.25) is 0 Å². The normalized spacial score (nSPS) is 11.3. The van der Waals surface area contributed by atoms with Crippen molar-refractivity contribution in [1.82, 2.24) is 19.9 Å². The third-order valence-corrected chi connectivity index (χ3v) is 2.51. The average molecular weight is 226 g/mol. The summed E-state index contributed by atoms with van der Waals surface area (Å²) in [6.07, 6.45) is 1.45. The number of carboxylic acid groups (broad SMARTS) is 1. The maximum atomic E-state index is 10.6. The Hall–Kier alpha value is -1.43. The minimum atomic E-state index is -1.04. The fraction of sp³-hybridized carbons (Fsp3) is 0.700. The van der Waals surface area contributed by atoms with Crippen molar-refractivity contribution in [3.8, 4) is 0 Å². The molecule has 16 heavy (non-hydrogen) atoms. The molecule has 0 bridgehead atoms. The van der Waals surface area contributed by atoms with Crippen LogP contribution in [0.15, 0.2) is 6.20 Å². The Labute approximate surface area is 94.9 Å². The molecule has 0 aliphatic rings. The van der Waals surface area contributed by atoms with E-state index in [0.717, 1.165) is 13.1 Å². The SMILES string of the molecule is CCN(CCn1cc(C(=O)O)nn1)C(C)C. The zero-order chi connectivity index (χ0) is 12.1. The lowest BCUT2D eigenvalue weighted by Crippen LogP contribution is -2.33. The van der Waals surface area contributed by atoms with Gasteiger partial charge in [-0.05, 0) is 20.4 Å². The van der Waals surface area contributed by atoms with E-state index in [0.29, 0.717) is 12.6 Å². The van der Waals surface area contributed by atoms with E-state index in [2.05, 4.69) is 36.0 Å². The molecule has 0 spiro atoms. The highest BCUT2D eigenvalue weighted by Gasteiger charge is 2.10. The number of carboxylic acids is 1. The smallest absolute Gasteiger partial charge is 0.358 e. The van der Waals surface area contributed by atoms with Crippen LogP contribution >= 0.6 is 0 Å². The summed E-state index contributed by atoms with van der Waals surface area (Å²) in [7, 11) is 0. The Balaban J connectivity index is 2.50. The van der Waals surface area contributed by atoms with Gasteiger partial charge in [0, 0.05) is 12.6 Å². The zero-order valence-corrected chi connectivity index (χ0v) is 9.92. The van der Waals surface area contributed by atoms with Crippen LogP contribution in [0.2, 0.25) is 0 Å². The quantitative estimate of drug-likeness (QED) is 0.773. The van der Waals surface area contributed by atoms with Gasteiger partial charge in [0.1, 0.15) is 0 Å². The number of likely N-dealkylation sites (N-methyl/N-ethyl adjacent to an activating group) is 1. The zero-order valence-electron chi connectivity index (χ0n) is 9.92. The molecule has 1 aromatic rings. The molecule has 6 heteroatoms. The van der Waals surface area contributed by atoms with Crippen LogP contribution in [-0.2, 0) is 6.54 Å². The van der Waals surface area contributed by atoms with Gasteiger partial charge in [-0.2, -0.15) is 0 Å². The van der Waals surface area contributed by atoms with E-state index in [1.165, 1.54) is 6.20 Å². The van der Waals surface area contributed by atoms with Gasteiger partial charge in [-0.25, -0.2) is 4.79 Å². The Morgan fingerprint density at radius 1 is 1.62 bits per heavy atom. The molecule has 1 aromatic heterocycles. The Bertz CT molecular complexity index is 348. The van der Waals surface area contributed by atoms with E-state index in [4.69, 9.17) is 5.11 Å². The van der Waals surface area contributed by atoms with E-state index in [-0.39, 0.29) is 5.69 Å². The Morgan fingerprint density at radius 2 is 2.31 bits per heavy atom. The third-order valence-electron chi connectivity index (χ3n) is 2.51. The molecule has 0 saturated carbocycles. The first-order chi connectivity index (χ1) is 7.54. The van der Waals surface area contributed by atoms with Crippen LogP contribution in [0.3, 0.4) is 0 Å². The van der Waals surface area contributed by atoms with Crippen LogP contribution in [-0.4, -0.2) is 50.1 Å². The standard InChI is InChI=1S/C10H18N4O2/c1-4-13(8(2)3)5-6-14-7-9(10(15)16)11-12-14/h7-8H,4-6H2,1-3H3,(H,15,16). The number of carbonyl (C=O) groups is 1. The number of rotatable bonds is 6. The van der Waals surface area contributed by atoms with E-state index in [9.17, 15) is 4.79 Å². The number of nitrogens with zero attached hydrogens (tertiary/aromatic N) is 4. The van der Waals surface area contributed by atoms with E-state index >= 15 is 0 Å². The average Bonchev–Trinajstić information content (AvgIpc) is 2.67. The lowest BCUT2D eigenvalue weighted by Gasteiger charge is -2.24. The van der Waals surface area contributed by atoms with Crippen molar-refractivity contribution in [3.63, 3.8) is 0 Å². The van der Waals surface area contributed by atoms with Crippen molar-refractivity contribution in [2.24, 2.45) is 0 Å². The number of aromatic carboxylic acids is 1. The van der Waals surface area contributed by atoms with Gasteiger partial charge in [-0.3, -0.25) is 9.58 Å². The van der Waals surface area contributed by atoms with Crippen LogP contribution in [0.25, 0.3) is 0 Å². The van der Waals surface area contributed by atoms with E-state index < -0.39 is 5.97 Å². The molecule has 1 rings (SSSR count). The third kappa shape index (κ3) is 3.30. The second kappa shape index (κ2) is 5.60. The highest BCUT2D eigenvalue weighted by molar-refractivity contribution is 5.84. The molecular weight excluding hydrogens is 208 g/mol. The molecule has 1 heterocycles. The molecule has 0 aliphatic heterocycles. The van der Waals surface area contributed by atoms with Gasteiger partial charge in [-0.1, -0.05) is 12.1 Å². The Morgan fingerprint density at radius 3 is 2.75 bits per heavy atom. The Kier molecular flexibility index (Phi) is 4.42. The van der Waals surface area contributed by atoms with Gasteiger partial charge in [0.15, 0.2) is 5.69 Å². The van der Waals surface area contributed by atoms with Crippen molar-refractivity contribution in [2.75, 3.05) is 13.1 Å². The summed E-state index contributed by atoms with van der Waals surface area (Å²) in [6.45, 7) is 8.84. The first-order valence-corrected chi connectivity index (χ1v) is 5.42. The molecule has 0 atom stereocenters. The summed E-state index contributed by atoms with van der Waals surface area (Å²) in [5.74, 6) is -1.04. The van der Waals surface area contributed by atoms with Gasteiger partial charge in [0.05, 0.1) is 12.7 Å². The van der Waals surface area contributed by atoms with Crippen LogP contribution in [0.5, 0.6) is 0 Å². The van der Waals surface area contributed by atoms with E-state index in [1.54, 1.807) is 4.68 Å². The largest absolute Gasteiger partial charge is 0.476 e. The summed E-state index contributed by atoms with van der Waals surface area (Å²) in [5, 5.41) is 16.0. The molecule has 90 valence electrons. The molecule has 0 fully saturated rings. The first-order valence-electron chi connectivity index (χ1n) is 5.42. The van der Waals surface area contributed by atoms with Crippen molar-refractivity contribution in [2.45, 2.75) is 33.4 Å². The lowest BCUT2D eigenvalue weighted by molar-refractivity contribution is 0.0690. The molecule has 0 unspecified atom stereocenters. The monoisotopic (exact) mass is 226 g/mol. The fourth-order valence-corrected chi connectivity index (χ4v) is 1.52. The van der Waals surface area contributed by atoms with E-state index in [1.807, 2.05) is 0 Å². The molecule has 0 aromatic carbocycles. The highest BCUT2D eigenvalue weighted by atomic mass is 16.4. The van der Waals surface area contributed by atoms with Crippen molar-refractivity contribution < 1.29 is 9.90 Å². The second-order valence-electron chi connectivity index (χ2n) is 3.89. The highest BCUT2D eigenvalue weighted by Crippen LogP contribution is 1.99. The lowest BCUT2D eigenvalue weighted by atomic mass is 10.3. The van der Waals surface area contributed by atoms with Crippen LogP contribution < -0.4 is 0 Å². The molecule has 0 aliphatic carbocycles. The molecule has 0 saturated heterocycles. The molecule has 1 N–H and O–H groups in total. The summed E-state index contributed by atoms with van der Waals surface area (Å²) in [5.41, 5.74) is -0.00686. The minimum absolute atomic E-state index is 0.00686. The summed E-state index contributed by atoms with van der Waals surface area (Å²) < 4.78 is 1.56. The molecule has 0 amide bonds.